The molecule has 1 amide bonds. The van der Waals surface area contributed by atoms with Crippen LogP contribution in [0, 0.1) is 0 Å². The van der Waals surface area contributed by atoms with Crippen molar-refractivity contribution in [3.63, 3.8) is 0 Å². The lowest BCUT2D eigenvalue weighted by molar-refractivity contribution is -0.121. The number of methoxy groups -OCH3 is 1. The van der Waals surface area contributed by atoms with Crippen molar-refractivity contribution in [1.82, 2.24) is 19.6 Å². The fourth-order valence-corrected chi connectivity index (χ4v) is 3.99. The highest BCUT2D eigenvalue weighted by atomic mass is 16.5. The molecule has 9 heteroatoms. The second-order valence-corrected chi connectivity index (χ2v) is 8.38. The second kappa shape index (κ2) is 10.0. The van der Waals surface area contributed by atoms with Gasteiger partial charge in [-0.3, -0.25) is 4.79 Å². The predicted molar refractivity (Wildman–Crippen MR) is 138 cm³/mol. The number of fused-ring (bicyclic) bond motifs is 3. The van der Waals surface area contributed by atoms with Crippen LogP contribution in [0.25, 0.3) is 27.9 Å². The van der Waals surface area contributed by atoms with E-state index in [-0.39, 0.29) is 0 Å². The zero-order valence-electron chi connectivity index (χ0n) is 20.0. The van der Waals surface area contributed by atoms with E-state index in [0.717, 1.165) is 16.5 Å². The van der Waals surface area contributed by atoms with Gasteiger partial charge in [-0.2, -0.15) is 4.52 Å². The van der Waals surface area contributed by atoms with E-state index in [4.69, 9.17) is 30.3 Å². The van der Waals surface area contributed by atoms with Crippen LogP contribution in [0.3, 0.4) is 0 Å². The van der Waals surface area contributed by atoms with Crippen LogP contribution in [0.1, 0.15) is 12.5 Å². The number of primary amides is 1. The van der Waals surface area contributed by atoms with E-state index in [2.05, 4.69) is 5.32 Å². The molecule has 2 aromatic heterocycles. The van der Waals surface area contributed by atoms with Crippen LogP contribution in [-0.2, 0) is 16.1 Å². The largest absolute Gasteiger partial charge is 0.497 e. The maximum absolute atomic E-state index is 12.4. The third-order valence-electron chi connectivity index (χ3n) is 5.92. The maximum Gasteiger partial charge on any atom is 0.242 e. The Kier molecular flexibility index (Phi) is 6.46. The lowest BCUT2D eigenvalue weighted by Crippen LogP contribution is -2.45. The first-order valence-electron chi connectivity index (χ1n) is 11.5. The Bertz CT molecular complexity index is 1520. The van der Waals surface area contributed by atoms with Crippen molar-refractivity contribution < 1.29 is 14.3 Å². The third-order valence-corrected chi connectivity index (χ3v) is 5.92. The molecule has 0 spiro atoms. The molecule has 5 rings (SSSR count). The fraction of sp³-hybridized carbons (Fsp3) is 0.185. The molecule has 36 heavy (non-hydrogen) atoms. The minimum atomic E-state index is -0.852. The highest BCUT2D eigenvalue weighted by molar-refractivity contribution is 5.93. The molecule has 5 aromatic rings. The van der Waals surface area contributed by atoms with E-state index < -0.39 is 18.1 Å². The number of rotatable bonds is 9. The van der Waals surface area contributed by atoms with Crippen LogP contribution in [0.15, 0.2) is 78.9 Å². The van der Waals surface area contributed by atoms with Gasteiger partial charge in [-0.1, -0.05) is 54.6 Å². The first-order valence-corrected chi connectivity index (χ1v) is 11.5. The van der Waals surface area contributed by atoms with Gasteiger partial charge in [0.25, 0.3) is 0 Å². The second-order valence-electron chi connectivity index (χ2n) is 8.38. The van der Waals surface area contributed by atoms with Gasteiger partial charge >= 0.3 is 0 Å². The van der Waals surface area contributed by atoms with Crippen LogP contribution in [0.5, 0.6) is 5.75 Å². The van der Waals surface area contributed by atoms with E-state index >= 15 is 0 Å². The molecule has 2 atom stereocenters. The number of aromatic nitrogens is 4. The quantitative estimate of drug-likeness (QED) is 0.328. The van der Waals surface area contributed by atoms with Gasteiger partial charge in [0.2, 0.25) is 11.9 Å². The van der Waals surface area contributed by atoms with Gasteiger partial charge in [0, 0.05) is 10.9 Å². The first-order chi connectivity index (χ1) is 17.5. The SMILES string of the molecule is COc1cccc(-c2nc3c4ccccc4nc(N[C@@H](C(N)=O)[C@H](C)OCc4ccccc4)n3n2)c1. The van der Waals surface area contributed by atoms with Crippen LogP contribution in [0.2, 0.25) is 0 Å². The van der Waals surface area contributed by atoms with Gasteiger partial charge < -0.3 is 20.5 Å². The molecule has 0 fully saturated rings. The summed E-state index contributed by atoms with van der Waals surface area (Å²) in [4.78, 5) is 22.0. The molecule has 182 valence electrons. The smallest absolute Gasteiger partial charge is 0.242 e. The summed E-state index contributed by atoms with van der Waals surface area (Å²) in [7, 11) is 1.61. The number of hydrogen-bond donors (Lipinski definition) is 2. The van der Waals surface area contributed by atoms with Gasteiger partial charge in [0.05, 0.1) is 25.3 Å². The van der Waals surface area contributed by atoms with Crippen molar-refractivity contribution >= 4 is 28.4 Å². The average Bonchev–Trinajstić information content (AvgIpc) is 3.37. The number of benzene rings is 3. The van der Waals surface area contributed by atoms with Gasteiger partial charge in [0.15, 0.2) is 11.5 Å². The molecule has 0 saturated heterocycles. The van der Waals surface area contributed by atoms with Crippen LogP contribution >= 0.6 is 0 Å². The summed E-state index contributed by atoms with van der Waals surface area (Å²) in [5.74, 6) is 0.973. The number of nitrogens with one attached hydrogen (secondary N) is 1. The molecule has 0 bridgehead atoms. The highest BCUT2D eigenvalue weighted by Gasteiger charge is 2.26. The minimum absolute atomic E-state index is 0.337. The van der Waals surface area contributed by atoms with E-state index in [9.17, 15) is 4.79 Å². The molecular weight excluding hydrogens is 456 g/mol. The lowest BCUT2D eigenvalue weighted by atomic mass is 10.1. The van der Waals surface area contributed by atoms with E-state index in [1.54, 1.807) is 18.5 Å². The maximum atomic E-state index is 12.4. The molecule has 0 radical (unpaired) electrons. The van der Waals surface area contributed by atoms with Crippen molar-refractivity contribution in [1.29, 1.82) is 0 Å². The van der Waals surface area contributed by atoms with Crippen molar-refractivity contribution in [2.45, 2.75) is 25.7 Å². The van der Waals surface area contributed by atoms with Gasteiger partial charge in [-0.05, 0) is 36.8 Å². The number of nitrogens with zero attached hydrogens (tertiary/aromatic N) is 4. The number of amides is 1. The Balaban J connectivity index is 1.52. The van der Waals surface area contributed by atoms with Crippen molar-refractivity contribution in [3.8, 4) is 17.1 Å². The molecule has 0 saturated carbocycles. The summed E-state index contributed by atoms with van der Waals surface area (Å²) >= 11 is 0. The van der Waals surface area contributed by atoms with Crippen molar-refractivity contribution in [3.05, 3.63) is 84.4 Å². The summed E-state index contributed by atoms with van der Waals surface area (Å²) in [6, 6.07) is 24.0. The molecule has 0 aliphatic heterocycles. The topological polar surface area (TPSA) is 117 Å². The molecule has 2 heterocycles. The van der Waals surface area contributed by atoms with Gasteiger partial charge in [-0.15, -0.1) is 5.10 Å². The van der Waals surface area contributed by atoms with Crippen LogP contribution in [0.4, 0.5) is 5.95 Å². The molecule has 0 aliphatic rings. The number of nitrogens with two attached hydrogens (primary N) is 1. The lowest BCUT2D eigenvalue weighted by Gasteiger charge is -2.23. The van der Waals surface area contributed by atoms with Gasteiger partial charge in [-0.25, -0.2) is 9.97 Å². The number of carbonyl (C=O) groups excluding carboxylic acids is 1. The molecule has 0 unspecified atom stereocenters. The average molecular weight is 483 g/mol. The van der Waals surface area contributed by atoms with Crippen LogP contribution in [-0.4, -0.2) is 44.7 Å². The number of ether oxygens (including phenoxy) is 2. The normalized spacial score (nSPS) is 12.9. The first kappa shape index (κ1) is 23.3. The summed E-state index contributed by atoms with van der Waals surface area (Å²) in [5.41, 5.74) is 8.87. The number of anilines is 1. The Hall–Kier alpha value is -4.50. The Morgan fingerprint density at radius 2 is 1.81 bits per heavy atom. The Labute approximate surface area is 207 Å². The van der Waals surface area contributed by atoms with E-state index in [1.165, 1.54) is 0 Å². The number of para-hydroxylation sites is 1. The van der Waals surface area contributed by atoms with Crippen molar-refractivity contribution in [2.24, 2.45) is 5.73 Å². The summed E-state index contributed by atoms with van der Waals surface area (Å²) in [6.07, 6.45) is -0.535. The molecule has 3 N–H and O–H groups in total. The number of carbonyl (C=O) groups is 1. The van der Waals surface area contributed by atoms with Crippen molar-refractivity contribution in [2.75, 3.05) is 12.4 Å². The van der Waals surface area contributed by atoms with E-state index in [0.29, 0.717) is 35.3 Å². The molecule has 9 nitrogen and oxygen atoms in total. The monoisotopic (exact) mass is 482 g/mol. The summed E-state index contributed by atoms with van der Waals surface area (Å²) < 4.78 is 12.9. The fourth-order valence-electron chi connectivity index (χ4n) is 3.99. The summed E-state index contributed by atoms with van der Waals surface area (Å²) in [6.45, 7) is 2.14. The standard InChI is InChI=1S/C27H26N6O3/c1-17(36-16-18-9-4-3-5-10-18)23(24(28)34)30-27-29-22-14-7-6-13-21(22)26-31-25(32-33(26)27)19-11-8-12-20(15-19)35-2/h3-15,17,23H,16H2,1-2H3,(H2,28,34)(H,29,30)/t17-,23+/m0/s1. The Morgan fingerprint density at radius 3 is 2.58 bits per heavy atom. The Morgan fingerprint density at radius 1 is 1.03 bits per heavy atom. The third kappa shape index (κ3) is 4.69. The summed E-state index contributed by atoms with van der Waals surface area (Å²) in [5, 5.41) is 8.70. The molecule has 0 aliphatic carbocycles. The molecular formula is C27H26N6O3. The zero-order valence-corrected chi connectivity index (χ0v) is 20.0. The minimum Gasteiger partial charge on any atom is -0.497 e. The molecule has 3 aromatic carbocycles. The zero-order chi connectivity index (χ0) is 25.1. The van der Waals surface area contributed by atoms with Gasteiger partial charge in [0.1, 0.15) is 11.8 Å². The van der Waals surface area contributed by atoms with Crippen LogP contribution < -0.4 is 15.8 Å². The predicted octanol–water partition coefficient (Wildman–Crippen LogP) is 3.82. The highest BCUT2D eigenvalue weighted by Crippen LogP contribution is 2.26. The van der Waals surface area contributed by atoms with E-state index in [1.807, 2.05) is 78.9 Å². The number of hydrogen-bond acceptors (Lipinski definition) is 7.